The molecule has 4 rings (SSSR count). The first-order valence-electron chi connectivity index (χ1n) is 9.49. The Balaban J connectivity index is 1.54. The molecule has 1 fully saturated rings. The van der Waals surface area contributed by atoms with E-state index in [1.165, 1.54) is 24.1 Å². The summed E-state index contributed by atoms with van der Waals surface area (Å²) < 4.78 is 18.4. The van der Waals surface area contributed by atoms with E-state index in [9.17, 15) is 14.0 Å². The standard InChI is InChI=1S/C20H18Cl2FN5O3S/c1-31-16-5-3-11(7-14(16)22)28-19(30)12-8-24-27-18(12)26-20(28)32-9-17(29)25-15-4-2-10(23)6-13(15)21/h2-7,12,18,24,27H,8-9H2,1H3,(H,25,29). The molecule has 2 unspecified atom stereocenters. The first-order valence-corrected chi connectivity index (χ1v) is 11.2. The number of benzene rings is 2. The summed E-state index contributed by atoms with van der Waals surface area (Å²) in [5.41, 5.74) is 6.71. The second-order valence-corrected chi connectivity index (χ2v) is 8.70. The van der Waals surface area contributed by atoms with Crippen molar-refractivity contribution in [3.63, 3.8) is 0 Å². The van der Waals surface area contributed by atoms with Crippen LogP contribution in [-0.4, -0.2) is 42.6 Å². The average molecular weight is 498 g/mol. The molecular weight excluding hydrogens is 480 g/mol. The molecule has 2 atom stereocenters. The molecule has 0 spiro atoms. The maximum atomic E-state index is 13.2. The summed E-state index contributed by atoms with van der Waals surface area (Å²) in [6.45, 7) is 0.425. The van der Waals surface area contributed by atoms with Crippen LogP contribution in [0.1, 0.15) is 0 Å². The fraction of sp³-hybridized carbons (Fsp3) is 0.250. The summed E-state index contributed by atoms with van der Waals surface area (Å²) in [5, 5.41) is 3.41. The minimum atomic E-state index is -0.501. The topological polar surface area (TPSA) is 95.1 Å². The maximum absolute atomic E-state index is 13.2. The third kappa shape index (κ3) is 4.69. The van der Waals surface area contributed by atoms with Crippen LogP contribution >= 0.6 is 35.0 Å². The summed E-state index contributed by atoms with van der Waals surface area (Å²) in [7, 11) is 1.50. The van der Waals surface area contributed by atoms with Gasteiger partial charge < -0.3 is 10.1 Å². The zero-order chi connectivity index (χ0) is 22.8. The Morgan fingerprint density at radius 2 is 2.12 bits per heavy atom. The lowest BCUT2D eigenvalue weighted by atomic mass is 10.0. The van der Waals surface area contributed by atoms with Gasteiger partial charge in [0.1, 0.15) is 17.7 Å². The number of hydrogen-bond acceptors (Lipinski definition) is 7. The summed E-state index contributed by atoms with van der Waals surface area (Å²) in [6.07, 6.45) is -0.440. The van der Waals surface area contributed by atoms with Crippen LogP contribution in [0, 0.1) is 11.7 Å². The molecule has 2 heterocycles. The van der Waals surface area contributed by atoms with Crippen molar-refractivity contribution in [2.75, 3.05) is 29.6 Å². The van der Waals surface area contributed by atoms with E-state index < -0.39 is 17.9 Å². The van der Waals surface area contributed by atoms with Gasteiger partial charge in [0.25, 0.3) is 0 Å². The Morgan fingerprint density at radius 1 is 1.31 bits per heavy atom. The number of aliphatic imine (C=N–C) groups is 1. The van der Waals surface area contributed by atoms with Crippen LogP contribution < -0.4 is 25.8 Å². The van der Waals surface area contributed by atoms with Crippen LogP contribution in [0.25, 0.3) is 0 Å². The number of hydrazine groups is 1. The minimum absolute atomic E-state index is 0.0506. The number of ether oxygens (including phenoxy) is 1. The quantitative estimate of drug-likeness (QED) is 0.586. The fourth-order valence-corrected chi connectivity index (χ4v) is 4.62. The molecule has 8 nitrogen and oxygen atoms in total. The predicted octanol–water partition coefficient (Wildman–Crippen LogP) is 3.27. The Kier molecular flexibility index (Phi) is 6.87. The van der Waals surface area contributed by atoms with Crippen LogP contribution in [0.4, 0.5) is 15.8 Å². The van der Waals surface area contributed by atoms with Crippen molar-refractivity contribution in [1.82, 2.24) is 10.9 Å². The van der Waals surface area contributed by atoms with Gasteiger partial charge in [0, 0.05) is 6.54 Å². The molecule has 2 amide bonds. The highest BCUT2D eigenvalue weighted by atomic mass is 35.5. The molecule has 12 heteroatoms. The monoisotopic (exact) mass is 497 g/mol. The Hall–Kier alpha value is -2.37. The van der Waals surface area contributed by atoms with Crippen LogP contribution in [0.2, 0.25) is 10.0 Å². The van der Waals surface area contributed by atoms with Gasteiger partial charge in [0.15, 0.2) is 5.17 Å². The van der Waals surface area contributed by atoms with E-state index in [2.05, 4.69) is 21.2 Å². The van der Waals surface area contributed by atoms with Gasteiger partial charge in [0.2, 0.25) is 11.8 Å². The summed E-state index contributed by atoms with van der Waals surface area (Å²) in [6, 6.07) is 8.67. The smallest absolute Gasteiger partial charge is 0.241 e. The van der Waals surface area contributed by atoms with Gasteiger partial charge in [-0.2, -0.15) is 0 Å². The maximum Gasteiger partial charge on any atom is 0.241 e. The molecule has 0 saturated carbocycles. The fourth-order valence-electron chi connectivity index (χ4n) is 3.31. The van der Waals surface area contributed by atoms with Crippen molar-refractivity contribution < 1.29 is 18.7 Å². The van der Waals surface area contributed by atoms with Crippen LogP contribution in [0.15, 0.2) is 41.4 Å². The van der Waals surface area contributed by atoms with E-state index in [1.807, 2.05) is 0 Å². The number of carbonyl (C=O) groups excluding carboxylic acids is 2. The van der Waals surface area contributed by atoms with E-state index in [0.717, 1.165) is 17.8 Å². The van der Waals surface area contributed by atoms with E-state index in [0.29, 0.717) is 33.9 Å². The zero-order valence-corrected chi connectivity index (χ0v) is 19.0. The second-order valence-electron chi connectivity index (χ2n) is 6.94. The molecule has 168 valence electrons. The molecule has 2 aromatic rings. The van der Waals surface area contributed by atoms with Gasteiger partial charge in [-0.25, -0.2) is 14.8 Å². The van der Waals surface area contributed by atoms with Gasteiger partial charge in [-0.3, -0.25) is 19.9 Å². The van der Waals surface area contributed by atoms with E-state index >= 15 is 0 Å². The van der Waals surface area contributed by atoms with Crippen LogP contribution in [-0.2, 0) is 9.59 Å². The number of amides is 2. The Bertz CT molecular complexity index is 1100. The van der Waals surface area contributed by atoms with Gasteiger partial charge in [-0.1, -0.05) is 35.0 Å². The first-order chi connectivity index (χ1) is 15.4. The molecule has 0 aromatic heterocycles. The number of nitrogens with zero attached hydrogens (tertiary/aromatic N) is 2. The highest BCUT2D eigenvalue weighted by Gasteiger charge is 2.42. The number of thioether (sulfide) groups is 1. The van der Waals surface area contributed by atoms with Crippen molar-refractivity contribution in [1.29, 1.82) is 0 Å². The highest BCUT2D eigenvalue weighted by molar-refractivity contribution is 8.14. The molecule has 2 aliphatic rings. The van der Waals surface area contributed by atoms with E-state index in [-0.39, 0.29) is 22.6 Å². The number of methoxy groups -OCH3 is 1. The van der Waals surface area contributed by atoms with Crippen LogP contribution in [0.5, 0.6) is 5.75 Å². The number of fused-ring (bicyclic) bond motifs is 1. The van der Waals surface area contributed by atoms with Crippen molar-refractivity contribution in [2.24, 2.45) is 10.9 Å². The molecule has 0 bridgehead atoms. The molecule has 3 N–H and O–H groups in total. The minimum Gasteiger partial charge on any atom is -0.495 e. The molecule has 2 aromatic carbocycles. The number of amidine groups is 1. The lowest BCUT2D eigenvalue weighted by Crippen LogP contribution is -2.49. The largest absolute Gasteiger partial charge is 0.495 e. The summed E-state index contributed by atoms with van der Waals surface area (Å²) >= 11 is 13.3. The molecule has 0 radical (unpaired) electrons. The van der Waals surface area contributed by atoms with Crippen LogP contribution in [0.3, 0.4) is 0 Å². The second kappa shape index (κ2) is 9.63. The van der Waals surface area contributed by atoms with Crippen molar-refractivity contribution in [3.05, 3.63) is 52.3 Å². The molecule has 32 heavy (non-hydrogen) atoms. The van der Waals surface area contributed by atoms with Crippen molar-refractivity contribution in [2.45, 2.75) is 6.17 Å². The third-order valence-electron chi connectivity index (χ3n) is 4.86. The van der Waals surface area contributed by atoms with Gasteiger partial charge >= 0.3 is 0 Å². The number of anilines is 2. The number of carbonyl (C=O) groups is 2. The summed E-state index contributed by atoms with van der Waals surface area (Å²) in [5.74, 6) is -1.03. The number of hydrogen-bond donors (Lipinski definition) is 3. The van der Waals surface area contributed by atoms with Crippen molar-refractivity contribution in [3.8, 4) is 5.75 Å². The molecule has 1 saturated heterocycles. The van der Waals surface area contributed by atoms with Crippen molar-refractivity contribution >= 4 is 63.3 Å². The number of rotatable bonds is 5. The SMILES string of the molecule is COc1ccc(N2C(=O)C3CNNC3N=C2SCC(=O)Nc2ccc(F)cc2Cl)cc1Cl. The molecule has 2 aliphatic heterocycles. The van der Waals surface area contributed by atoms with Gasteiger partial charge in [-0.05, 0) is 36.4 Å². The zero-order valence-electron chi connectivity index (χ0n) is 16.7. The third-order valence-corrected chi connectivity index (χ3v) is 6.42. The lowest BCUT2D eigenvalue weighted by Gasteiger charge is -2.32. The predicted molar refractivity (Wildman–Crippen MR) is 124 cm³/mol. The Morgan fingerprint density at radius 3 is 2.84 bits per heavy atom. The number of halogens is 3. The van der Waals surface area contributed by atoms with Gasteiger partial charge in [0.05, 0.1) is 40.2 Å². The normalized spacial score (nSPS) is 20.1. The average Bonchev–Trinajstić information content (AvgIpc) is 3.23. The Labute approximate surface area is 197 Å². The van der Waals surface area contributed by atoms with E-state index in [1.54, 1.807) is 18.2 Å². The number of nitrogens with one attached hydrogen (secondary N) is 3. The molecule has 0 aliphatic carbocycles. The highest BCUT2D eigenvalue weighted by Crippen LogP contribution is 2.34. The van der Waals surface area contributed by atoms with E-state index in [4.69, 9.17) is 27.9 Å². The molecular formula is C20H18Cl2FN5O3S. The lowest BCUT2D eigenvalue weighted by molar-refractivity contribution is -0.121. The summed E-state index contributed by atoms with van der Waals surface area (Å²) in [4.78, 5) is 31.8. The first kappa shape index (κ1) is 22.8. The van der Waals surface area contributed by atoms with Gasteiger partial charge in [-0.15, -0.1) is 0 Å².